The molecule has 8 heteroatoms. The van der Waals surface area contributed by atoms with E-state index in [2.05, 4.69) is 15.1 Å². The average molecular weight is 370 g/mol. The summed E-state index contributed by atoms with van der Waals surface area (Å²) < 4.78 is 39.4. The molecule has 2 heterocycles. The number of nitrogens with zero attached hydrogens (tertiary/aromatic N) is 3. The lowest BCUT2D eigenvalue weighted by Gasteiger charge is -2.08. The molecular formula is C19H13F3N4O. The Morgan fingerprint density at radius 1 is 0.963 bits per heavy atom. The highest BCUT2D eigenvalue weighted by molar-refractivity contribution is 5.80. The Bertz CT molecular complexity index is 1190. The van der Waals surface area contributed by atoms with E-state index in [0.29, 0.717) is 22.5 Å². The maximum absolute atomic E-state index is 12.7. The first kappa shape index (κ1) is 17.0. The van der Waals surface area contributed by atoms with E-state index in [1.807, 2.05) is 6.07 Å². The van der Waals surface area contributed by atoms with Gasteiger partial charge >= 0.3 is 6.18 Å². The summed E-state index contributed by atoms with van der Waals surface area (Å²) in [6.45, 7) is 1.66. The summed E-state index contributed by atoms with van der Waals surface area (Å²) in [5, 5.41) is 2.98. The van der Waals surface area contributed by atoms with Crippen LogP contribution < -0.4 is 5.56 Å². The van der Waals surface area contributed by atoms with Crippen LogP contribution in [0.3, 0.4) is 0 Å². The molecule has 0 unspecified atom stereocenters. The quantitative estimate of drug-likeness (QED) is 0.578. The molecule has 0 amide bonds. The molecule has 136 valence electrons. The number of nitrogens with one attached hydrogen (secondary N) is 1. The number of aromatic nitrogens is 4. The molecule has 0 aliphatic rings. The number of benzene rings is 2. The van der Waals surface area contributed by atoms with Crippen LogP contribution in [0.25, 0.3) is 28.0 Å². The minimum atomic E-state index is -4.42. The number of halogens is 3. The monoisotopic (exact) mass is 370 g/mol. The molecule has 1 N–H and O–H groups in total. The lowest BCUT2D eigenvalue weighted by molar-refractivity contribution is -0.137. The van der Waals surface area contributed by atoms with Crippen LogP contribution in [0, 0.1) is 6.92 Å². The van der Waals surface area contributed by atoms with Crippen molar-refractivity contribution in [1.29, 1.82) is 0 Å². The molecule has 27 heavy (non-hydrogen) atoms. The largest absolute Gasteiger partial charge is 0.416 e. The Labute approximate surface area is 151 Å². The number of hydrogen-bond acceptors (Lipinski definition) is 3. The molecule has 0 radical (unpaired) electrons. The standard InChI is InChI=1S/C19H13F3N4O/c1-11-17(12-2-7-15-16(10-12)24-9-8-23-15)25-26(18(11)27)14-5-3-13(4-6-14)19(20,21)22/h2-10,25H,1H3. The van der Waals surface area contributed by atoms with Gasteiger partial charge in [0.2, 0.25) is 0 Å². The first-order valence-corrected chi connectivity index (χ1v) is 8.05. The number of alkyl halides is 3. The maximum atomic E-state index is 12.7. The second-order valence-electron chi connectivity index (χ2n) is 6.06. The summed E-state index contributed by atoms with van der Waals surface area (Å²) >= 11 is 0. The van der Waals surface area contributed by atoms with Gasteiger partial charge in [-0.2, -0.15) is 13.2 Å². The van der Waals surface area contributed by atoms with E-state index < -0.39 is 11.7 Å². The van der Waals surface area contributed by atoms with E-state index in [1.54, 1.807) is 31.5 Å². The highest BCUT2D eigenvalue weighted by Crippen LogP contribution is 2.30. The Kier molecular flexibility index (Phi) is 3.83. The fraction of sp³-hybridized carbons (Fsp3) is 0.105. The van der Waals surface area contributed by atoms with Gasteiger partial charge in [0, 0.05) is 23.5 Å². The van der Waals surface area contributed by atoms with E-state index in [9.17, 15) is 18.0 Å². The second-order valence-corrected chi connectivity index (χ2v) is 6.06. The number of rotatable bonds is 2. The number of aromatic amines is 1. The van der Waals surface area contributed by atoms with Crippen molar-refractivity contribution in [3.8, 4) is 16.9 Å². The van der Waals surface area contributed by atoms with Gasteiger partial charge in [-0.3, -0.25) is 19.9 Å². The Morgan fingerprint density at radius 3 is 2.30 bits per heavy atom. The fourth-order valence-electron chi connectivity index (χ4n) is 2.90. The van der Waals surface area contributed by atoms with Gasteiger partial charge in [0.1, 0.15) is 0 Å². The molecule has 0 bridgehead atoms. The third-order valence-electron chi connectivity index (χ3n) is 4.33. The molecule has 4 rings (SSSR count). The van der Waals surface area contributed by atoms with E-state index >= 15 is 0 Å². The molecule has 0 aliphatic heterocycles. The topological polar surface area (TPSA) is 63.6 Å². The average Bonchev–Trinajstić information content (AvgIpc) is 2.96. The van der Waals surface area contributed by atoms with Gasteiger partial charge in [0.25, 0.3) is 5.56 Å². The highest BCUT2D eigenvalue weighted by Gasteiger charge is 2.30. The molecule has 0 spiro atoms. The number of fused-ring (bicyclic) bond motifs is 1. The summed E-state index contributed by atoms with van der Waals surface area (Å²) in [5.74, 6) is 0. The Morgan fingerprint density at radius 2 is 1.63 bits per heavy atom. The SMILES string of the molecule is Cc1c(-c2ccc3nccnc3c2)[nH]n(-c2ccc(C(F)(F)F)cc2)c1=O. The summed E-state index contributed by atoms with van der Waals surface area (Å²) in [5.41, 5.74) is 2.40. The molecule has 0 fully saturated rings. The summed E-state index contributed by atoms with van der Waals surface area (Å²) in [7, 11) is 0. The van der Waals surface area contributed by atoms with Crippen molar-refractivity contribution in [2.75, 3.05) is 0 Å². The molecule has 0 saturated heterocycles. The van der Waals surface area contributed by atoms with Crippen LogP contribution in [0.4, 0.5) is 13.2 Å². The number of hydrogen-bond donors (Lipinski definition) is 1. The molecule has 0 atom stereocenters. The van der Waals surface area contributed by atoms with Crippen LogP contribution >= 0.6 is 0 Å². The molecule has 0 aliphatic carbocycles. The minimum Gasteiger partial charge on any atom is -0.290 e. The fourth-order valence-corrected chi connectivity index (χ4v) is 2.90. The van der Waals surface area contributed by atoms with Crippen molar-refractivity contribution in [1.82, 2.24) is 19.7 Å². The van der Waals surface area contributed by atoms with Crippen molar-refractivity contribution in [3.63, 3.8) is 0 Å². The molecule has 0 saturated carbocycles. The van der Waals surface area contributed by atoms with Gasteiger partial charge in [-0.1, -0.05) is 6.07 Å². The summed E-state index contributed by atoms with van der Waals surface area (Å²) in [6, 6.07) is 9.83. The molecule has 4 aromatic rings. The third kappa shape index (κ3) is 2.99. The van der Waals surface area contributed by atoms with Crippen LogP contribution in [0.1, 0.15) is 11.1 Å². The molecule has 5 nitrogen and oxygen atoms in total. The summed E-state index contributed by atoms with van der Waals surface area (Å²) in [6.07, 6.45) is -1.25. The first-order chi connectivity index (χ1) is 12.8. The third-order valence-corrected chi connectivity index (χ3v) is 4.33. The van der Waals surface area contributed by atoms with Crippen molar-refractivity contribution in [2.45, 2.75) is 13.1 Å². The Balaban J connectivity index is 1.80. The van der Waals surface area contributed by atoms with Crippen LogP contribution in [-0.2, 0) is 6.18 Å². The van der Waals surface area contributed by atoms with Crippen LogP contribution in [0.15, 0.2) is 59.7 Å². The van der Waals surface area contributed by atoms with Crippen molar-refractivity contribution in [2.24, 2.45) is 0 Å². The second kappa shape index (κ2) is 6.08. The smallest absolute Gasteiger partial charge is 0.290 e. The predicted molar refractivity (Wildman–Crippen MR) is 94.7 cm³/mol. The van der Waals surface area contributed by atoms with Crippen molar-refractivity contribution >= 4 is 11.0 Å². The van der Waals surface area contributed by atoms with Crippen molar-refractivity contribution in [3.05, 3.63) is 76.3 Å². The zero-order chi connectivity index (χ0) is 19.2. The van der Waals surface area contributed by atoms with Gasteiger partial charge in [-0.15, -0.1) is 0 Å². The molecule has 2 aromatic heterocycles. The zero-order valence-corrected chi connectivity index (χ0v) is 14.1. The first-order valence-electron chi connectivity index (χ1n) is 8.05. The molecular weight excluding hydrogens is 357 g/mol. The number of H-pyrrole nitrogens is 1. The zero-order valence-electron chi connectivity index (χ0n) is 14.1. The van der Waals surface area contributed by atoms with Gasteiger partial charge in [0.15, 0.2) is 0 Å². The highest BCUT2D eigenvalue weighted by atomic mass is 19.4. The van der Waals surface area contributed by atoms with Crippen LogP contribution in [0.2, 0.25) is 0 Å². The van der Waals surface area contributed by atoms with Gasteiger partial charge in [-0.25, -0.2) is 4.68 Å². The summed E-state index contributed by atoms with van der Waals surface area (Å²) in [4.78, 5) is 21.0. The van der Waals surface area contributed by atoms with E-state index in [1.165, 1.54) is 16.8 Å². The van der Waals surface area contributed by atoms with E-state index in [-0.39, 0.29) is 5.56 Å². The van der Waals surface area contributed by atoms with Crippen LogP contribution in [0.5, 0.6) is 0 Å². The van der Waals surface area contributed by atoms with Crippen LogP contribution in [-0.4, -0.2) is 19.7 Å². The lowest BCUT2D eigenvalue weighted by Crippen LogP contribution is -2.16. The van der Waals surface area contributed by atoms with E-state index in [0.717, 1.165) is 23.2 Å². The van der Waals surface area contributed by atoms with Gasteiger partial charge in [-0.05, 0) is 43.3 Å². The maximum Gasteiger partial charge on any atom is 0.416 e. The lowest BCUT2D eigenvalue weighted by atomic mass is 10.1. The van der Waals surface area contributed by atoms with Gasteiger partial charge in [0.05, 0.1) is 28.0 Å². The molecule has 2 aromatic carbocycles. The predicted octanol–water partition coefficient (Wildman–Crippen LogP) is 4.10. The van der Waals surface area contributed by atoms with Gasteiger partial charge < -0.3 is 0 Å². The van der Waals surface area contributed by atoms with Crippen molar-refractivity contribution < 1.29 is 13.2 Å². The van der Waals surface area contributed by atoms with E-state index in [4.69, 9.17) is 0 Å². The normalized spacial score (nSPS) is 11.9. The Hall–Kier alpha value is -3.42. The minimum absolute atomic E-state index is 0.322.